The average molecular weight is 276 g/mol. The van der Waals surface area contributed by atoms with Crippen molar-refractivity contribution >= 4 is 11.8 Å². The van der Waals surface area contributed by atoms with Crippen LogP contribution >= 0.6 is 11.8 Å². The fraction of sp³-hybridized carbons (Fsp3) is 0.200. The Hall–Kier alpha value is -1.36. The number of aryl methyl sites for hydroxylation is 1. The Labute approximate surface area is 117 Å². The van der Waals surface area contributed by atoms with Crippen LogP contribution in [-0.2, 0) is 0 Å². The number of halogens is 1. The van der Waals surface area contributed by atoms with Gasteiger partial charge in [0.1, 0.15) is 5.82 Å². The molecule has 0 saturated carbocycles. The van der Waals surface area contributed by atoms with Gasteiger partial charge in [-0.15, -0.1) is 11.8 Å². The van der Waals surface area contributed by atoms with E-state index in [1.54, 1.807) is 17.8 Å². The quantitative estimate of drug-likeness (QED) is 0.499. The molecule has 0 bridgehead atoms. The molecule has 19 heavy (non-hydrogen) atoms. The van der Waals surface area contributed by atoms with E-state index in [2.05, 4.69) is 24.5 Å². The third kappa shape index (κ3) is 4.06. The van der Waals surface area contributed by atoms with E-state index in [0.717, 1.165) is 16.2 Å². The van der Waals surface area contributed by atoms with Crippen LogP contribution in [0.5, 0.6) is 0 Å². The molecular weight excluding hydrogens is 259 g/mol. The van der Waals surface area contributed by atoms with Crippen LogP contribution in [-0.4, -0.2) is 5.75 Å². The van der Waals surface area contributed by atoms with E-state index in [0.29, 0.717) is 0 Å². The monoisotopic (exact) mass is 276 g/mol. The summed E-state index contributed by atoms with van der Waals surface area (Å²) in [6.07, 6.45) is 0. The van der Waals surface area contributed by atoms with Gasteiger partial charge in [-0.25, -0.2) is 4.39 Å². The van der Waals surface area contributed by atoms with E-state index in [1.165, 1.54) is 17.7 Å². The van der Waals surface area contributed by atoms with E-state index in [1.807, 2.05) is 18.2 Å². The van der Waals surface area contributed by atoms with Crippen LogP contribution in [0.3, 0.4) is 0 Å². The third-order valence-corrected chi connectivity index (χ3v) is 3.95. The van der Waals surface area contributed by atoms with Gasteiger partial charge in [-0.2, -0.15) is 0 Å². The van der Waals surface area contributed by atoms with Crippen molar-refractivity contribution in [2.75, 3.05) is 5.75 Å². The van der Waals surface area contributed by atoms with Crippen molar-refractivity contribution in [1.29, 1.82) is 0 Å². The van der Waals surface area contributed by atoms with Gasteiger partial charge in [-0.05, 0) is 30.7 Å². The lowest BCUT2D eigenvalue weighted by Crippen LogP contribution is -2.29. The molecule has 0 spiro atoms. The molecule has 2 rings (SSSR count). The average Bonchev–Trinajstić information content (AvgIpc) is 2.40. The second-order valence-corrected chi connectivity index (χ2v) is 5.50. The molecule has 0 aliphatic heterocycles. The molecule has 0 amide bonds. The summed E-state index contributed by atoms with van der Waals surface area (Å²) in [6, 6.07) is 14.9. The largest absolute Gasteiger partial charge is 0.271 e. The molecular formula is C15H17FN2S. The van der Waals surface area contributed by atoms with Gasteiger partial charge in [0.15, 0.2) is 0 Å². The van der Waals surface area contributed by atoms with Gasteiger partial charge in [0, 0.05) is 10.6 Å². The molecule has 2 nitrogen and oxygen atoms in total. The summed E-state index contributed by atoms with van der Waals surface area (Å²) in [7, 11) is 0. The maximum absolute atomic E-state index is 13.1. The number of thioether (sulfide) groups is 1. The van der Waals surface area contributed by atoms with Gasteiger partial charge < -0.3 is 0 Å². The van der Waals surface area contributed by atoms with E-state index >= 15 is 0 Å². The van der Waals surface area contributed by atoms with Crippen LogP contribution in [0.1, 0.15) is 17.2 Å². The van der Waals surface area contributed by atoms with Gasteiger partial charge in [-0.1, -0.05) is 35.9 Å². The minimum absolute atomic E-state index is 0.0492. The summed E-state index contributed by atoms with van der Waals surface area (Å²) >= 11 is 1.59. The lowest BCUT2D eigenvalue weighted by atomic mass is 10.1. The second kappa shape index (κ2) is 6.70. The minimum Gasteiger partial charge on any atom is -0.271 e. The summed E-state index contributed by atoms with van der Waals surface area (Å²) in [5.41, 5.74) is 5.16. The topological polar surface area (TPSA) is 38.0 Å². The van der Waals surface area contributed by atoms with Crippen LogP contribution in [0.15, 0.2) is 53.4 Å². The Morgan fingerprint density at radius 2 is 2.00 bits per heavy atom. The van der Waals surface area contributed by atoms with Crippen LogP contribution in [0.4, 0.5) is 4.39 Å². The smallest absolute Gasteiger partial charge is 0.124 e. The SMILES string of the molecule is Cc1cccc(C(CSc2cccc(F)c2)NN)c1. The van der Waals surface area contributed by atoms with Gasteiger partial charge in [0.25, 0.3) is 0 Å². The molecule has 1 atom stereocenters. The van der Waals surface area contributed by atoms with Crippen LogP contribution in [0.2, 0.25) is 0 Å². The molecule has 0 heterocycles. The number of nitrogens with two attached hydrogens (primary N) is 1. The predicted molar refractivity (Wildman–Crippen MR) is 78.4 cm³/mol. The van der Waals surface area contributed by atoms with Crippen molar-refractivity contribution in [3.8, 4) is 0 Å². The van der Waals surface area contributed by atoms with Crippen molar-refractivity contribution in [2.24, 2.45) is 5.84 Å². The number of benzene rings is 2. The van der Waals surface area contributed by atoms with Crippen molar-refractivity contribution in [2.45, 2.75) is 17.9 Å². The van der Waals surface area contributed by atoms with Gasteiger partial charge in [0.05, 0.1) is 6.04 Å². The first-order chi connectivity index (χ1) is 9.19. The van der Waals surface area contributed by atoms with Crippen LogP contribution in [0.25, 0.3) is 0 Å². The molecule has 0 aromatic heterocycles. The van der Waals surface area contributed by atoms with E-state index in [-0.39, 0.29) is 11.9 Å². The first-order valence-electron chi connectivity index (χ1n) is 6.10. The van der Waals surface area contributed by atoms with Crippen molar-refractivity contribution in [1.82, 2.24) is 5.43 Å². The maximum Gasteiger partial charge on any atom is 0.124 e. The molecule has 100 valence electrons. The highest BCUT2D eigenvalue weighted by Crippen LogP contribution is 2.25. The zero-order chi connectivity index (χ0) is 13.7. The van der Waals surface area contributed by atoms with Crippen molar-refractivity contribution in [3.63, 3.8) is 0 Å². The Balaban J connectivity index is 2.04. The highest BCUT2D eigenvalue weighted by molar-refractivity contribution is 7.99. The van der Waals surface area contributed by atoms with Crippen molar-refractivity contribution < 1.29 is 4.39 Å². The Bertz CT molecular complexity index is 545. The number of hydrazine groups is 1. The summed E-state index contributed by atoms with van der Waals surface area (Å²) < 4.78 is 13.1. The number of hydrogen-bond donors (Lipinski definition) is 2. The fourth-order valence-corrected chi connectivity index (χ4v) is 2.88. The first-order valence-corrected chi connectivity index (χ1v) is 7.08. The Kier molecular flexibility index (Phi) is 4.96. The summed E-state index contributed by atoms with van der Waals surface area (Å²) in [6.45, 7) is 2.05. The normalized spacial score (nSPS) is 12.4. The Morgan fingerprint density at radius 1 is 1.21 bits per heavy atom. The maximum atomic E-state index is 13.1. The molecule has 0 saturated heterocycles. The molecule has 1 unspecified atom stereocenters. The number of rotatable bonds is 5. The molecule has 2 aromatic carbocycles. The molecule has 3 N–H and O–H groups in total. The van der Waals surface area contributed by atoms with Crippen LogP contribution in [0, 0.1) is 12.7 Å². The lowest BCUT2D eigenvalue weighted by Gasteiger charge is -2.16. The van der Waals surface area contributed by atoms with E-state index < -0.39 is 0 Å². The van der Waals surface area contributed by atoms with Crippen molar-refractivity contribution in [3.05, 3.63) is 65.5 Å². The van der Waals surface area contributed by atoms with Gasteiger partial charge >= 0.3 is 0 Å². The molecule has 0 fully saturated rings. The predicted octanol–water partition coefficient (Wildman–Crippen LogP) is 3.43. The van der Waals surface area contributed by atoms with E-state index in [4.69, 9.17) is 5.84 Å². The molecule has 4 heteroatoms. The Morgan fingerprint density at radius 3 is 2.68 bits per heavy atom. The summed E-state index contributed by atoms with van der Waals surface area (Å²) in [5.74, 6) is 6.15. The highest BCUT2D eigenvalue weighted by Gasteiger charge is 2.10. The summed E-state index contributed by atoms with van der Waals surface area (Å²) in [4.78, 5) is 0.910. The molecule has 0 aliphatic rings. The van der Waals surface area contributed by atoms with Gasteiger partial charge in [-0.3, -0.25) is 11.3 Å². The number of hydrogen-bond acceptors (Lipinski definition) is 3. The molecule has 0 aliphatic carbocycles. The zero-order valence-corrected chi connectivity index (χ0v) is 11.6. The summed E-state index contributed by atoms with van der Waals surface area (Å²) in [5, 5.41) is 0. The lowest BCUT2D eigenvalue weighted by molar-refractivity contribution is 0.609. The number of nitrogens with one attached hydrogen (secondary N) is 1. The second-order valence-electron chi connectivity index (χ2n) is 4.40. The highest BCUT2D eigenvalue weighted by atomic mass is 32.2. The van der Waals surface area contributed by atoms with Gasteiger partial charge in [0.2, 0.25) is 0 Å². The third-order valence-electron chi connectivity index (χ3n) is 2.86. The zero-order valence-electron chi connectivity index (χ0n) is 10.8. The standard InChI is InChI=1S/C15H17FN2S/c1-11-4-2-5-12(8-11)15(18-17)10-19-14-7-3-6-13(16)9-14/h2-9,15,18H,10,17H2,1H3. The minimum atomic E-state index is -0.210. The molecule has 2 aromatic rings. The fourth-order valence-electron chi connectivity index (χ4n) is 1.86. The molecule has 0 radical (unpaired) electrons. The van der Waals surface area contributed by atoms with E-state index in [9.17, 15) is 4.39 Å². The van der Waals surface area contributed by atoms with Crippen LogP contribution < -0.4 is 11.3 Å². The first kappa shape index (κ1) is 14.1.